The van der Waals surface area contributed by atoms with Crippen LogP contribution in [0.5, 0.6) is 11.5 Å². The maximum atomic E-state index is 12.1. The van der Waals surface area contributed by atoms with Crippen molar-refractivity contribution in [3.8, 4) is 11.5 Å². The molecule has 0 saturated heterocycles. The summed E-state index contributed by atoms with van der Waals surface area (Å²) in [6.07, 6.45) is 2.94. The van der Waals surface area contributed by atoms with E-state index in [2.05, 4.69) is 10.5 Å². The third-order valence-corrected chi connectivity index (χ3v) is 3.80. The summed E-state index contributed by atoms with van der Waals surface area (Å²) in [5.74, 6) is -0.208. The van der Waals surface area contributed by atoms with Gasteiger partial charge in [-0.15, -0.1) is 0 Å². The molecular formula is C19H22N4O5. The van der Waals surface area contributed by atoms with Gasteiger partial charge in [-0.05, 0) is 24.6 Å². The highest BCUT2D eigenvalue weighted by Gasteiger charge is 2.22. The van der Waals surface area contributed by atoms with E-state index in [4.69, 9.17) is 15.2 Å². The Balaban J connectivity index is 2.22. The zero-order chi connectivity index (χ0) is 20.5. The molecule has 0 aliphatic carbocycles. The summed E-state index contributed by atoms with van der Waals surface area (Å²) in [4.78, 5) is 23.0. The van der Waals surface area contributed by atoms with Gasteiger partial charge in [0.2, 0.25) is 5.75 Å². The first-order valence-electron chi connectivity index (χ1n) is 8.65. The number of carbonyl (C=O) groups is 1. The maximum absolute atomic E-state index is 12.1. The van der Waals surface area contributed by atoms with Crippen LogP contribution in [0.15, 0.2) is 41.5 Å². The molecule has 0 fully saturated rings. The number of nitrogens with zero attached hydrogens (tertiary/aromatic N) is 2. The van der Waals surface area contributed by atoms with E-state index in [1.54, 1.807) is 30.3 Å². The van der Waals surface area contributed by atoms with Crippen LogP contribution in [-0.2, 0) is 0 Å². The Kier molecular flexibility index (Phi) is 7.32. The number of nitro groups is 1. The third kappa shape index (κ3) is 5.19. The van der Waals surface area contributed by atoms with Crippen molar-refractivity contribution in [2.75, 3.05) is 19.5 Å². The number of nitrogen functional groups attached to an aromatic ring is 1. The van der Waals surface area contributed by atoms with Crippen LogP contribution < -0.4 is 20.6 Å². The van der Waals surface area contributed by atoms with Crippen LogP contribution in [0, 0.1) is 10.1 Å². The Bertz CT molecular complexity index is 883. The Hall–Kier alpha value is -3.62. The SMILES string of the molecule is CCCCOc1c(OC)cc(/C=N\NC(=O)c2ccccc2N)cc1[N+](=O)[O-]. The fraction of sp³-hybridized carbons (Fsp3) is 0.263. The first-order valence-corrected chi connectivity index (χ1v) is 8.65. The topological polar surface area (TPSA) is 129 Å². The van der Waals surface area contributed by atoms with Gasteiger partial charge < -0.3 is 15.2 Å². The van der Waals surface area contributed by atoms with E-state index in [9.17, 15) is 14.9 Å². The molecule has 148 valence electrons. The van der Waals surface area contributed by atoms with Crippen LogP contribution in [0.2, 0.25) is 0 Å². The van der Waals surface area contributed by atoms with Gasteiger partial charge in [0.05, 0.1) is 30.4 Å². The van der Waals surface area contributed by atoms with Gasteiger partial charge in [0.25, 0.3) is 5.91 Å². The molecule has 28 heavy (non-hydrogen) atoms. The van der Waals surface area contributed by atoms with E-state index in [1.807, 2.05) is 6.92 Å². The lowest BCUT2D eigenvalue weighted by molar-refractivity contribution is -0.386. The number of hydrogen-bond donors (Lipinski definition) is 2. The van der Waals surface area contributed by atoms with E-state index < -0.39 is 10.8 Å². The van der Waals surface area contributed by atoms with E-state index in [1.165, 1.54) is 19.4 Å². The number of nitrogens with two attached hydrogens (primary N) is 1. The number of amides is 1. The summed E-state index contributed by atoms with van der Waals surface area (Å²) in [5.41, 5.74) is 8.81. The Morgan fingerprint density at radius 3 is 2.75 bits per heavy atom. The molecule has 9 nitrogen and oxygen atoms in total. The van der Waals surface area contributed by atoms with Gasteiger partial charge in [0, 0.05) is 17.3 Å². The number of ether oxygens (including phenoxy) is 2. The molecule has 9 heteroatoms. The fourth-order valence-corrected chi connectivity index (χ4v) is 2.36. The predicted octanol–water partition coefficient (Wildman–Crippen LogP) is 3.13. The lowest BCUT2D eigenvalue weighted by Gasteiger charge is -2.11. The number of rotatable bonds is 9. The van der Waals surface area contributed by atoms with Crippen LogP contribution in [-0.4, -0.2) is 30.8 Å². The zero-order valence-electron chi connectivity index (χ0n) is 15.7. The number of hydrazone groups is 1. The lowest BCUT2D eigenvalue weighted by Crippen LogP contribution is -2.19. The van der Waals surface area contributed by atoms with Crippen LogP contribution in [0.25, 0.3) is 0 Å². The maximum Gasteiger partial charge on any atom is 0.315 e. The normalized spacial score (nSPS) is 10.6. The molecule has 0 aliphatic heterocycles. The highest BCUT2D eigenvalue weighted by atomic mass is 16.6. The van der Waals surface area contributed by atoms with E-state index >= 15 is 0 Å². The molecule has 0 radical (unpaired) electrons. The monoisotopic (exact) mass is 386 g/mol. The fourth-order valence-electron chi connectivity index (χ4n) is 2.36. The van der Waals surface area contributed by atoms with Crippen molar-refractivity contribution in [3.63, 3.8) is 0 Å². The van der Waals surface area contributed by atoms with Crippen molar-refractivity contribution in [2.45, 2.75) is 19.8 Å². The van der Waals surface area contributed by atoms with Crippen molar-refractivity contribution in [1.29, 1.82) is 0 Å². The number of unbranched alkanes of at least 4 members (excludes halogenated alkanes) is 1. The number of anilines is 1. The molecule has 2 rings (SSSR count). The molecule has 0 atom stereocenters. The van der Waals surface area contributed by atoms with Gasteiger partial charge in [-0.25, -0.2) is 5.43 Å². The molecule has 2 aromatic carbocycles. The number of para-hydroxylation sites is 1. The Morgan fingerprint density at radius 1 is 1.36 bits per heavy atom. The second-order valence-electron chi connectivity index (χ2n) is 5.82. The number of nitro benzene ring substituents is 1. The standard InChI is InChI=1S/C19H22N4O5/c1-3-4-9-28-18-16(23(25)26)10-13(11-17(18)27-2)12-21-22-19(24)14-7-5-6-8-15(14)20/h5-8,10-12H,3-4,9,20H2,1-2H3,(H,22,24)/b21-12-. The van der Waals surface area contributed by atoms with E-state index in [0.717, 1.165) is 12.8 Å². The third-order valence-electron chi connectivity index (χ3n) is 3.80. The molecule has 0 spiro atoms. The highest BCUT2D eigenvalue weighted by Crippen LogP contribution is 2.38. The molecule has 0 aromatic heterocycles. The second kappa shape index (κ2) is 9.91. The summed E-state index contributed by atoms with van der Waals surface area (Å²) in [6, 6.07) is 9.41. The van der Waals surface area contributed by atoms with Crippen molar-refractivity contribution >= 4 is 23.5 Å². The van der Waals surface area contributed by atoms with Crippen molar-refractivity contribution in [1.82, 2.24) is 5.43 Å². The number of benzene rings is 2. The van der Waals surface area contributed by atoms with E-state index in [-0.39, 0.29) is 22.7 Å². The molecule has 0 bridgehead atoms. The van der Waals surface area contributed by atoms with Crippen LogP contribution in [0.1, 0.15) is 35.7 Å². The molecule has 0 unspecified atom stereocenters. The number of carbonyl (C=O) groups excluding carboxylic acids is 1. The lowest BCUT2D eigenvalue weighted by atomic mass is 10.1. The smallest absolute Gasteiger partial charge is 0.315 e. The zero-order valence-corrected chi connectivity index (χ0v) is 15.7. The number of nitrogens with one attached hydrogen (secondary N) is 1. The Labute approximate surface area is 162 Å². The van der Waals surface area contributed by atoms with Gasteiger partial charge in [-0.1, -0.05) is 25.5 Å². The highest BCUT2D eigenvalue weighted by molar-refractivity contribution is 5.99. The molecular weight excluding hydrogens is 364 g/mol. The summed E-state index contributed by atoms with van der Waals surface area (Å²) >= 11 is 0. The second-order valence-corrected chi connectivity index (χ2v) is 5.82. The van der Waals surface area contributed by atoms with Crippen molar-refractivity contribution in [2.24, 2.45) is 5.10 Å². The van der Waals surface area contributed by atoms with Crippen LogP contribution >= 0.6 is 0 Å². The van der Waals surface area contributed by atoms with Crippen LogP contribution in [0.4, 0.5) is 11.4 Å². The van der Waals surface area contributed by atoms with Gasteiger partial charge in [0.15, 0.2) is 5.75 Å². The van der Waals surface area contributed by atoms with Gasteiger partial charge in [-0.2, -0.15) is 5.10 Å². The average molecular weight is 386 g/mol. The summed E-state index contributed by atoms with van der Waals surface area (Å²) < 4.78 is 10.8. The Morgan fingerprint density at radius 2 is 2.11 bits per heavy atom. The number of methoxy groups -OCH3 is 1. The average Bonchev–Trinajstić information content (AvgIpc) is 2.68. The largest absolute Gasteiger partial charge is 0.493 e. The van der Waals surface area contributed by atoms with Gasteiger partial charge in [0.1, 0.15) is 0 Å². The van der Waals surface area contributed by atoms with E-state index in [0.29, 0.717) is 17.9 Å². The predicted molar refractivity (Wildman–Crippen MR) is 106 cm³/mol. The quantitative estimate of drug-likeness (QED) is 0.224. The van der Waals surface area contributed by atoms with Gasteiger partial charge >= 0.3 is 5.69 Å². The summed E-state index contributed by atoms with van der Waals surface area (Å²) in [7, 11) is 1.40. The minimum atomic E-state index is -0.551. The van der Waals surface area contributed by atoms with Crippen molar-refractivity contribution in [3.05, 3.63) is 57.6 Å². The molecule has 0 aliphatic rings. The molecule has 3 N–H and O–H groups in total. The van der Waals surface area contributed by atoms with Crippen LogP contribution in [0.3, 0.4) is 0 Å². The summed E-state index contributed by atoms with van der Waals surface area (Å²) in [5, 5.41) is 15.3. The van der Waals surface area contributed by atoms with Gasteiger partial charge in [-0.3, -0.25) is 14.9 Å². The first-order chi connectivity index (χ1) is 13.5. The summed E-state index contributed by atoms with van der Waals surface area (Å²) in [6.45, 7) is 2.33. The first kappa shape index (κ1) is 20.7. The molecule has 2 aromatic rings. The molecule has 0 heterocycles. The minimum absolute atomic E-state index is 0.0687. The van der Waals surface area contributed by atoms with Crippen molar-refractivity contribution < 1.29 is 19.2 Å². The molecule has 0 saturated carbocycles. The molecule has 1 amide bonds. The minimum Gasteiger partial charge on any atom is -0.493 e. The number of hydrogen-bond acceptors (Lipinski definition) is 7.